The summed E-state index contributed by atoms with van der Waals surface area (Å²) in [4.78, 5) is 5.08. The number of nitrogen functional groups attached to an aromatic ring is 1. The van der Waals surface area contributed by atoms with Crippen LogP contribution in [0.2, 0.25) is 0 Å². The maximum atomic E-state index is 5.55. The Morgan fingerprint density at radius 1 is 1.33 bits per heavy atom. The van der Waals surface area contributed by atoms with Crippen molar-refractivity contribution < 1.29 is 4.74 Å². The van der Waals surface area contributed by atoms with Crippen LogP contribution in [0.4, 0.5) is 5.13 Å². The molecule has 1 aromatic carbocycles. The van der Waals surface area contributed by atoms with Crippen LogP contribution in [0.1, 0.15) is 4.88 Å². The molecule has 1 heterocycles. The molecule has 0 saturated carbocycles. The van der Waals surface area contributed by atoms with Gasteiger partial charge in [-0.25, -0.2) is 10.8 Å². The zero-order valence-corrected chi connectivity index (χ0v) is 8.83. The van der Waals surface area contributed by atoms with Crippen LogP contribution in [-0.4, -0.2) is 4.98 Å². The maximum Gasteiger partial charge on any atom is 0.197 e. The Morgan fingerprint density at radius 3 is 2.80 bits per heavy atom. The van der Waals surface area contributed by atoms with E-state index in [0.717, 1.165) is 10.6 Å². The summed E-state index contributed by atoms with van der Waals surface area (Å²) in [6.45, 7) is 0.517. The van der Waals surface area contributed by atoms with Gasteiger partial charge < -0.3 is 4.74 Å². The number of aromatic nitrogens is 1. The van der Waals surface area contributed by atoms with E-state index < -0.39 is 0 Å². The first-order chi connectivity index (χ1) is 7.38. The molecule has 0 spiro atoms. The summed E-state index contributed by atoms with van der Waals surface area (Å²) in [5.41, 5.74) is 2.50. The summed E-state index contributed by atoms with van der Waals surface area (Å²) in [5, 5.41) is 0.696. The van der Waals surface area contributed by atoms with E-state index in [9.17, 15) is 0 Å². The first-order valence-corrected chi connectivity index (χ1v) is 5.29. The Bertz CT molecular complexity index is 416. The summed E-state index contributed by atoms with van der Waals surface area (Å²) >= 11 is 1.48. The van der Waals surface area contributed by atoms with Gasteiger partial charge in [0.2, 0.25) is 0 Å². The van der Waals surface area contributed by atoms with Crippen LogP contribution in [0, 0.1) is 0 Å². The number of ether oxygens (including phenoxy) is 1. The molecular weight excluding hydrogens is 210 g/mol. The average molecular weight is 221 g/mol. The summed E-state index contributed by atoms with van der Waals surface area (Å²) in [6, 6.07) is 9.67. The van der Waals surface area contributed by atoms with Crippen LogP contribution in [0.5, 0.6) is 5.75 Å². The maximum absolute atomic E-state index is 5.55. The number of para-hydroxylation sites is 1. The highest BCUT2D eigenvalue weighted by atomic mass is 32.1. The summed E-state index contributed by atoms with van der Waals surface area (Å²) < 4.78 is 5.55. The smallest absolute Gasteiger partial charge is 0.197 e. The van der Waals surface area contributed by atoms with Gasteiger partial charge in [0, 0.05) is 6.20 Å². The first kappa shape index (κ1) is 9.95. The zero-order chi connectivity index (χ0) is 10.5. The number of anilines is 1. The summed E-state index contributed by atoms with van der Waals surface area (Å²) in [5.74, 6) is 6.08. The standard InChI is InChI=1S/C10H11N3OS/c11-13-10-12-6-9(15-10)7-14-8-4-2-1-3-5-8/h1-6H,7,11H2,(H,12,13). The zero-order valence-electron chi connectivity index (χ0n) is 8.01. The van der Waals surface area contributed by atoms with Crippen LogP contribution in [-0.2, 0) is 6.61 Å². The average Bonchev–Trinajstić information content (AvgIpc) is 2.76. The molecule has 1 aromatic heterocycles. The monoisotopic (exact) mass is 221 g/mol. The predicted molar refractivity (Wildman–Crippen MR) is 60.7 cm³/mol. The lowest BCUT2D eigenvalue weighted by Gasteiger charge is -2.02. The van der Waals surface area contributed by atoms with Crippen LogP contribution in [0.25, 0.3) is 0 Å². The second-order valence-electron chi connectivity index (χ2n) is 2.88. The molecule has 2 aromatic rings. The molecule has 78 valence electrons. The number of hydrogen-bond acceptors (Lipinski definition) is 5. The fourth-order valence-electron chi connectivity index (χ4n) is 1.11. The predicted octanol–water partition coefficient (Wildman–Crippen LogP) is 2.01. The SMILES string of the molecule is NNc1ncc(COc2ccccc2)s1. The van der Waals surface area contributed by atoms with Gasteiger partial charge in [-0.15, -0.1) is 0 Å². The number of nitrogens with zero attached hydrogens (tertiary/aromatic N) is 1. The van der Waals surface area contributed by atoms with Gasteiger partial charge in [0.25, 0.3) is 0 Å². The third-order valence-electron chi connectivity index (χ3n) is 1.80. The minimum absolute atomic E-state index is 0.517. The van der Waals surface area contributed by atoms with Crippen molar-refractivity contribution in [2.45, 2.75) is 6.61 Å². The molecule has 2 rings (SSSR count). The number of rotatable bonds is 4. The molecule has 0 aliphatic carbocycles. The van der Waals surface area contributed by atoms with E-state index >= 15 is 0 Å². The second kappa shape index (κ2) is 4.77. The van der Waals surface area contributed by atoms with E-state index in [1.807, 2.05) is 30.3 Å². The first-order valence-electron chi connectivity index (χ1n) is 4.47. The lowest BCUT2D eigenvalue weighted by Crippen LogP contribution is -2.05. The van der Waals surface area contributed by atoms with Gasteiger partial charge in [0.05, 0.1) is 4.88 Å². The van der Waals surface area contributed by atoms with E-state index in [4.69, 9.17) is 10.6 Å². The number of nitrogens with one attached hydrogen (secondary N) is 1. The number of hydrogen-bond donors (Lipinski definition) is 2. The minimum Gasteiger partial charge on any atom is -0.488 e. The number of hydrazine groups is 1. The molecule has 0 amide bonds. The van der Waals surface area contributed by atoms with Gasteiger partial charge in [0.15, 0.2) is 5.13 Å². The molecule has 0 aliphatic rings. The number of nitrogens with two attached hydrogens (primary N) is 1. The topological polar surface area (TPSA) is 60.2 Å². The van der Waals surface area contributed by atoms with Crippen molar-refractivity contribution in [2.75, 3.05) is 5.43 Å². The van der Waals surface area contributed by atoms with Gasteiger partial charge in [-0.2, -0.15) is 0 Å². The van der Waals surface area contributed by atoms with Crippen LogP contribution in [0.15, 0.2) is 36.5 Å². The van der Waals surface area contributed by atoms with E-state index in [1.54, 1.807) is 6.20 Å². The number of thiazole rings is 1. The van der Waals surface area contributed by atoms with Crippen molar-refractivity contribution in [2.24, 2.45) is 5.84 Å². The lowest BCUT2D eigenvalue weighted by molar-refractivity contribution is 0.309. The van der Waals surface area contributed by atoms with Crippen LogP contribution >= 0.6 is 11.3 Å². The third-order valence-corrected chi connectivity index (χ3v) is 2.70. The van der Waals surface area contributed by atoms with Crippen molar-refractivity contribution in [3.05, 3.63) is 41.4 Å². The molecule has 0 saturated heterocycles. The Morgan fingerprint density at radius 2 is 2.13 bits per heavy atom. The quantitative estimate of drug-likeness (QED) is 0.612. The largest absolute Gasteiger partial charge is 0.488 e. The Hall–Kier alpha value is -1.59. The van der Waals surface area contributed by atoms with Gasteiger partial charge in [0.1, 0.15) is 12.4 Å². The molecule has 0 atom stereocenters. The van der Waals surface area contributed by atoms with Crippen molar-refractivity contribution in [3.63, 3.8) is 0 Å². The normalized spacial score (nSPS) is 9.93. The molecule has 3 N–H and O–H groups in total. The third kappa shape index (κ3) is 2.68. The molecule has 15 heavy (non-hydrogen) atoms. The fraction of sp³-hybridized carbons (Fsp3) is 0.100. The van der Waals surface area contributed by atoms with Crippen molar-refractivity contribution in [3.8, 4) is 5.75 Å². The van der Waals surface area contributed by atoms with Crippen LogP contribution in [0.3, 0.4) is 0 Å². The summed E-state index contributed by atoms with van der Waals surface area (Å²) in [6.07, 6.45) is 1.75. The molecular formula is C10H11N3OS. The molecule has 0 bridgehead atoms. The van der Waals surface area contributed by atoms with E-state index in [0.29, 0.717) is 11.7 Å². The highest BCUT2D eigenvalue weighted by Crippen LogP contribution is 2.19. The molecule has 5 heteroatoms. The summed E-state index contributed by atoms with van der Waals surface area (Å²) in [7, 11) is 0. The van der Waals surface area contributed by atoms with E-state index in [-0.39, 0.29) is 0 Å². The van der Waals surface area contributed by atoms with Gasteiger partial charge in [-0.05, 0) is 12.1 Å². The van der Waals surface area contributed by atoms with Gasteiger partial charge >= 0.3 is 0 Å². The van der Waals surface area contributed by atoms with Crippen molar-refractivity contribution >= 4 is 16.5 Å². The highest BCUT2D eigenvalue weighted by Gasteiger charge is 2.00. The molecule has 0 aliphatic heterocycles. The van der Waals surface area contributed by atoms with Gasteiger partial charge in [-0.3, -0.25) is 5.43 Å². The van der Waals surface area contributed by atoms with Crippen molar-refractivity contribution in [1.29, 1.82) is 0 Å². The molecule has 0 radical (unpaired) electrons. The van der Waals surface area contributed by atoms with E-state index in [2.05, 4.69) is 10.4 Å². The number of benzene rings is 1. The highest BCUT2D eigenvalue weighted by molar-refractivity contribution is 7.15. The second-order valence-corrected chi connectivity index (χ2v) is 3.99. The molecule has 0 unspecified atom stereocenters. The van der Waals surface area contributed by atoms with Crippen molar-refractivity contribution in [1.82, 2.24) is 4.98 Å². The molecule has 0 fully saturated rings. The van der Waals surface area contributed by atoms with E-state index in [1.165, 1.54) is 11.3 Å². The Labute approximate surface area is 91.7 Å². The Balaban J connectivity index is 1.93. The molecule has 4 nitrogen and oxygen atoms in total. The lowest BCUT2D eigenvalue weighted by atomic mass is 10.3. The Kier molecular flexibility index (Phi) is 3.16. The fourth-order valence-corrected chi connectivity index (χ4v) is 1.75. The van der Waals surface area contributed by atoms with Gasteiger partial charge in [-0.1, -0.05) is 29.5 Å². The minimum atomic E-state index is 0.517. The van der Waals surface area contributed by atoms with Crippen LogP contribution < -0.4 is 16.0 Å².